The molecule has 0 amide bonds. The summed E-state index contributed by atoms with van der Waals surface area (Å²) in [7, 11) is 0. The summed E-state index contributed by atoms with van der Waals surface area (Å²) in [6.07, 6.45) is 2.09. The summed E-state index contributed by atoms with van der Waals surface area (Å²) in [6.45, 7) is 15.5. The molecular formula is C11H22OW. The van der Waals surface area contributed by atoms with Gasteiger partial charge in [0.1, 0.15) is 5.78 Å². The minimum atomic E-state index is 0. The fourth-order valence-electron chi connectivity index (χ4n) is 0.177. The van der Waals surface area contributed by atoms with Gasteiger partial charge < -0.3 is 18.6 Å². The first kappa shape index (κ1) is 19.0. The molecule has 0 spiro atoms. The van der Waals surface area contributed by atoms with Gasteiger partial charge in [-0.15, -0.1) is 6.42 Å². The van der Waals surface area contributed by atoms with Crippen LogP contribution in [0, 0.1) is 19.3 Å². The summed E-state index contributed by atoms with van der Waals surface area (Å²) in [5.41, 5.74) is 0.431. The normalized spacial score (nSPS) is 9.38. The second-order valence-electron chi connectivity index (χ2n) is 3.95. The van der Waals surface area contributed by atoms with Crippen molar-refractivity contribution in [2.45, 2.75) is 47.0 Å². The SMILES string of the molecule is [CH2-]CC(=O)CC.[CH2-]CC(C)(C)C.[W+2]. The van der Waals surface area contributed by atoms with Gasteiger partial charge in [-0.25, -0.2) is 0 Å². The van der Waals surface area contributed by atoms with Crippen molar-refractivity contribution in [1.82, 2.24) is 0 Å². The Kier molecular flexibility index (Phi) is 15.3. The van der Waals surface area contributed by atoms with Gasteiger partial charge >= 0.3 is 21.1 Å². The molecule has 0 N–H and O–H groups in total. The summed E-state index contributed by atoms with van der Waals surface area (Å²) < 4.78 is 0. The van der Waals surface area contributed by atoms with Crippen molar-refractivity contribution in [3.63, 3.8) is 0 Å². The Morgan fingerprint density at radius 2 is 1.54 bits per heavy atom. The molecule has 13 heavy (non-hydrogen) atoms. The average molecular weight is 354 g/mol. The van der Waals surface area contributed by atoms with Crippen molar-refractivity contribution in [3.8, 4) is 0 Å². The summed E-state index contributed by atoms with van der Waals surface area (Å²) >= 11 is 0. The van der Waals surface area contributed by atoms with Crippen LogP contribution in [0.3, 0.4) is 0 Å². The Labute approximate surface area is 97.9 Å². The van der Waals surface area contributed by atoms with Crippen molar-refractivity contribution < 1.29 is 25.9 Å². The van der Waals surface area contributed by atoms with Crippen molar-refractivity contribution in [1.29, 1.82) is 0 Å². The van der Waals surface area contributed by atoms with Gasteiger partial charge in [0.2, 0.25) is 0 Å². The van der Waals surface area contributed by atoms with E-state index >= 15 is 0 Å². The molecule has 0 aromatic rings. The molecule has 0 aromatic carbocycles. The summed E-state index contributed by atoms with van der Waals surface area (Å²) in [5.74, 6) is 0.231. The van der Waals surface area contributed by atoms with E-state index in [0.717, 1.165) is 6.42 Å². The van der Waals surface area contributed by atoms with Crippen LogP contribution in [0.5, 0.6) is 0 Å². The van der Waals surface area contributed by atoms with E-state index in [2.05, 4.69) is 34.6 Å². The predicted molar refractivity (Wildman–Crippen MR) is 54.7 cm³/mol. The molecule has 0 unspecified atom stereocenters. The third-order valence-electron chi connectivity index (χ3n) is 1.42. The quantitative estimate of drug-likeness (QED) is 0.695. The molecule has 0 fully saturated rings. The summed E-state index contributed by atoms with van der Waals surface area (Å²) in [4.78, 5) is 10.1. The number of carbonyl (C=O) groups is 1. The van der Waals surface area contributed by atoms with E-state index in [0.29, 0.717) is 18.3 Å². The third-order valence-corrected chi connectivity index (χ3v) is 1.42. The largest absolute Gasteiger partial charge is 2.00 e. The van der Waals surface area contributed by atoms with Crippen LogP contribution in [-0.4, -0.2) is 5.78 Å². The third kappa shape index (κ3) is 24.5. The van der Waals surface area contributed by atoms with Crippen molar-refractivity contribution in [3.05, 3.63) is 13.8 Å². The second-order valence-corrected chi connectivity index (χ2v) is 3.95. The van der Waals surface area contributed by atoms with Gasteiger partial charge in [0.15, 0.2) is 0 Å². The van der Waals surface area contributed by atoms with Gasteiger partial charge in [0, 0.05) is 6.42 Å². The van der Waals surface area contributed by atoms with E-state index in [-0.39, 0.29) is 26.8 Å². The van der Waals surface area contributed by atoms with Gasteiger partial charge in [-0.2, -0.15) is 6.42 Å². The topological polar surface area (TPSA) is 17.1 Å². The first-order valence-corrected chi connectivity index (χ1v) is 4.47. The molecule has 2 heteroatoms. The number of hydrogen-bond donors (Lipinski definition) is 0. The van der Waals surface area contributed by atoms with Crippen molar-refractivity contribution in [2.24, 2.45) is 5.41 Å². The van der Waals surface area contributed by atoms with Gasteiger partial charge in [-0.1, -0.05) is 33.1 Å². The van der Waals surface area contributed by atoms with Crippen molar-refractivity contribution >= 4 is 5.78 Å². The standard InChI is InChI=1S/C6H13.C5H9O.W/c1-5-6(2,3)4;1-3-5(6)4-2;/h1,5H2,2-4H3;1,3-4H2,2H3;/q2*-1;+2. The Morgan fingerprint density at radius 1 is 1.23 bits per heavy atom. The minimum absolute atomic E-state index is 0. The van der Waals surface area contributed by atoms with E-state index in [1.54, 1.807) is 0 Å². The number of Topliss-reactive ketones (excluding diaryl/α,β-unsaturated/α-hetero) is 1. The van der Waals surface area contributed by atoms with E-state index in [1.807, 2.05) is 6.92 Å². The maximum Gasteiger partial charge on any atom is 2.00 e. The van der Waals surface area contributed by atoms with E-state index in [1.165, 1.54) is 0 Å². The Morgan fingerprint density at radius 3 is 1.54 bits per heavy atom. The first-order valence-electron chi connectivity index (χ1n) is 4.47. The van der Waals surface area contributed by atoms with E-state index in [9.17, 15) is 4.79 Å². The van der Waals surface area contributed by atoms with Crippen LogP contribution in [0.2, 0.25) is 0 Å². The maximum atomic E-state index is 10.1. The monoisotopic (exact) mass is 354 g/mol. The van der Waals surface area contributed by atoms with Crippen LogP contribution in [0.25, 0.3) is 0 Å². The molecule has 0 aliphatic rings. The predicted octanol–water partition coefficient (Wildman–Crippen LogP) is 3.44. The molecule has 0 radical (unpaired) electrons. The van der Waals surface area contributed by atoms with Crippen LogP contribution >= 0.6 is 0 Å². The molecule has 0 aliphatic carbocycles. The molecular weight excluding hydrogens is 332 g/mol. The first-order chi connectivity index (χ1) is 5.37. The molecule has 0 atom stereocenters. The van der Waals surface area contributed by atoms with E-state index in [4.69, 9.17) is 0 Å². The zero-order valence-corrected chi connectivity index (χ0v) is 12.3. The molecule has 0 bridgehead atoms. The Hall–Kier alpha value is 0.358. The zero-order valence-electron chi connectivity index (χ0n) is 9.35. The smallest absolute Gasteiger partial charge is 0.343 e. The van der Waals surface area contributed by atoms with Crippen LogP contribution in [-0.2, 0) is 25.9 Å². The van der Waals surface area contributed by atoms with Gasteiger partial charge in [0.25, 0.3) is 0 Å². The average Bonchev–Trinajstić information content (AvgIpc) is 2.03. The number of hydrogen-bond acceptors (Lipinski definition) is 1. The molecule has 0 rings (SSSR count). The molecule has 0 aliphatic heterocycles. The van der Waals surface area contributed by atoms with Gasteiger partial charge in [0.05, 0.1) is 0 Å². The molecule has 0 aromatic heterocycles. The van der Waals surface area contributed by atoms with Gasteiger partial charge in [-0.05, 0) is 0 Å². The molecule has 0 saturated carbocycles. The zero-order chi connectivity index (χ0) is 10.2. The Balaban J connectivity index is -0.000000143. The summed E-state index contributed by atoms with van der Waals surface area (Å²) in [6, 6.07) is 0. The van der Waals surface area contributed by atoms with Crippen molar-refractivity contribution in [2.75, 3.05) is 0 Å². The maximum absolute atomic E-state index is 10.1. The van der Waals surface area contributed by atoms with Crippen LogP contribution < -0.4 is 0 Å². The molecule has 0 heterocycles. The number of carbonyl (C=O) groups excluding carboxylic acids is 1. The van der Waals surface area contributed by atoms with E-state index < -0.39 is 0 Å². The minimum Gasteiger partial charge on any atom is -0.343 e. The van der Waals surface area contributed by atoms with Crippen LogP contribution in [0.4, 0.5) is 0 Å². The van der Waals surface area contributed by atoms with Crippen LogP contribution in [0.15, 0.2) is 0 Å². The number of ketones is 1. The van der Waals surface area contributed by atoms with Crippen LogP contribution in [0.1, 0.15) is 47.0 Å². The Bertz CT molecular complexity index is 108. The molecule has 78 valence electrons. The fourth-order valence-corrected chi connectivity index (χ4v) is 0.177. The number of rotatable bonds is 2. The molecule has 1 nitrogen and oxygen atoms in total. The fraction of sp³-hybridized carbons (Fsp3) is 0.727. The van der Waals surface area contributed by atoms with Gasteiger partial charge in [-0.3, -0.25) is 0 Å². The summed E-state index contributed by atoms with van der Waals surface area (Å²) in [5, 5.41) is 0. The second kappa shape index (κ2) is 10.4. The molecule has 0 saturated heterocycles.